The third kappa shape index (κ3) is 5.88. The molecule has 9 heteroatoms. The average molecular weight is 536 g/mol. The van der Waals surface area contributed by atoms with Gasteiger partial charge in [-0.15, -0.1) is 0 Å². The molecule has 1 N–H and O–H groups in total. The summed E-state index contributed by atoms with van der Waals surface area (Å²) in [5, 5.41) is 5.64. The normalized spacial score (nSPS) is 17.3. The Morgan fingerprint density at radius 2 is 1.89 bits per heavy atom. The number of esters is 1. The molecule has 0 unspecified atom stereocenters. The monoisotopic (exact) mass is 535 g/mol. The van der Waals surface area contributed by atoms with Crippen LogP contribution in [0.1, 0.15) is 50.8 Å². The van der Waals surface area contributed by atoms with Crippen molar-refractivity contribution in [3.8, 4) is 11.5 Å². The van der Waals surface area contributed by atoms with Gasteiger partial charge in [0.2, 0.25) is 5.91 Å². The smallest absolute Gasteiger partial charge is 0.338 e. The third-order valence-corrected chi connectivity index (χ3v) is 7.40. The standard InChI is InChI=1S/C29H33N3O5S/c1-6-18(2)30-25(33)15-22-17-38-29-31-19(3)26(28(34)36-5)27(32(22)29)21-12-13-23(24(14-21)35-4)37-16-20-10-8-7-9-11-20/h7-14,17-18,27H,6,15-16H2,1-5H3,(H,30,33)/t18-,27-/m0/s1. The zero-order valence-corrected chi connectivity index (χ0v) is 23.1. The summed E-state index contributed by atoms with van der Waals surface area (Å²) in [7, 11) is 2.94. The Kier molecular flexibility index (Phi) is 8.78. The van der Waals surface area contributed by atoms with Gasteiger partial charge >= 0.3 is 5.97 Å². The maximum absolute atomic E-state index is 13.0. The van der Waals surface area contributed by atoms with Crippen LogP contribution in [-0.2, 0) is 20.9 Å². The van der Waals surface area contributed by atoms with Crippen molar-refractivity contribution >= 4 is 28.8 Å². The van der Waals surface area contributed by atoms with Crippen LogP contribution in [0, 0.1) is 0 Å². The number of carbonyl (C=O) groups is 2. The number of nitrogens with zero attached hydrogens (tertiary/aromatic N) is 2. The van der Waals surface area contributed by atoms with Crippen LogP contribution < -0.4 is 14.8 Å². The minimum atomic E-state index is -0.551. The number of aliphatic imine (C=N–C) groups is 1. The van der Waals surface area contributed by atoms with Gasteiger partial charge in [0.25, 0.3) is 0 Å². The Balaban J connectivity index is 1.68. The van der Waals surface area contributed by atoms with E-state index in [1.165, 1.54) is 18.9 Å². The van der Waals surface area contributed by atoms with Gasteiger partial charge in [-0.2, -0.15) is 0 Å². The zero-order valence-electron chi connectivity index (χ0n) is 22.3. The van der Waals surface area contributed by atoms with Gasteiger partial charge in [0.15, 0.2) is 16.7 Å². The van der Waals surface area contributed by atoms with Gasteiger partial charge in [-0.05, 0) is 48.9 Å². The van der Waals surface area contributed by atoms with E-state index in [2.05, 4.69) is 10.3 Å². The summed E-state index contributed by atoms with van der Waals surface area (Å²) in [6, 6.07) is 15.0. The van der Waals surface area contributed by atoms with Gasteiger partial charge in [-0.1, -0.05) is 55.1 Å². The van der Waals surface area contributed by atoms with E-state index < -0.39 is 12.0 Å². The summed E-state index contributed by atoms with van der Waals surface area (Å²) in [6.45, 7) is 6.19. The molecular formula is C29H33N3O5S. The molecule has 2 heterocycles. The lowest BCUT2D eigenvalue weighted by Crippen LogP contribution is -2.39. The number of allylic oxidation sites excluding steroid dienone is 1. The minimum Gasteiger partial charge on any atom is -0.493 e. The molecule has 38 heavy (non-hydrogen) atoms. The van der Waals surface area contributed by atoms with Crippen molar-refractivity contribution in [2.24, 2.45) is 4.99 Å². The lowest BCUT2D eigenvalue weighted by atomic mass is 9.93. The highest BCUT2D eigenvalue weighted by atomic mass is 32.2. The van der Waals surface area contributed by atoms with E-state index in [0.29, 0.717) is 34.5 Å². The van der Waals surface area contributed by atoms with Crippen molar-refractivity contribution in [2.75, 3.05) is 14.2 Å². The highest BCUT2D eigenvalue weighted by Gasteiger charge is 2.41. The maximum atomic E-state index is 13.0. The fourth-order valence-electron chi connectivity index (χ4n) is 4.36. The van der Waals surface area contributed by atoms with E-state index in [0.717, 1.165) is 23.2 Å². The first kappa shape index (κ1) is 27.3. The number of thioether (sulfide) groups is 1. The van der Waals surface area contributed by atoms with Gasteiger partial charge in [0.05, 0.1) is 38.0 Å². The largest absolute Gasteiger partial charge is 0.493 e. The van der Waals surface area contributed by atoms with Crippen molar-refractivity contribution in [3.63, 3.8) is 0 Å². The number of methoxy groups -OCH3 is 2. The van der Waals surface area contributed by atoms with E-state index in [1.54, 1.807) is 14.0 Å². The average Bonchev–Trinajstić information content (AvgIpc) is 3.32. The first-order valence-corrected chi connectivity index (χ1v) is 13.4. The van der Waals surface area contributed by atoms with Crippen LogP contribution in [0.3, 0.4) is 0 Å². The van der Waals surface area contributed by atoms with Crippen LogP contribution in [0.5, 0.6) is 11.5 Å². The predicted molar refractivity (Wildman–Crippen MR) is 149 cm³/mol. The number of benzene rings is 2. The van der Waals surface area contributed by atoms with Crippen LogP contribution in [-0.4, -0.2) is 42.2 Å². The minimum absolute atomic E-state index is 0.0721. The Hall–Kier alpha value is -3.72. The molecule has 2 atom stereocenters. The molecule has 0 saturated carbocycles. The molecule has 2 aliphatic rings. The SMILES string of the molecule is CC[C@H](C)NC(=O)CC1=CSC2=NC(C)=C(C(=O)OC)[C@H](c3ccc(OCc4ccccc4)c(OC)c3)N12. The van der Waals surface area contributed by atoms with Gasteiger partial charge in [-0.3, -0.25) is 4.79 Å². The molecule has 0 radical (unpaired) electrons. The predicted octanol–water partition coefficient (Wildman–Crippen LogP) is 5.33. The number of hydrogen-bond acceptors (Lipinski definition) is 8. The number of carbonyl (C=O) groups excluding carboxylic acids is 2. The topological polar surface area (TPSA) is 89.5 Å². The second-order valence-corrected chi connectivity index (χ2v) is 9.96. The molecular weight excluding hydrogens is 502 g/mol. The summed E-state index contributed by atoms with van der Waals surface area (Å²) in [6.07, 6.45) is 1.00. The van der Waals surface area contributed by atoms with E-state index >= 15 is 0 Å². The van der Waals surface area contributed by atoms with Crippen LogP contribution in [0.2, 0.25) is 0 Å². The second kappa shape index (κ2) is 12.2. The van der Waals surface area contributed by atoms with Crippen LogP contribution in [0.25, 0.3) is 0 Å². The van der Waals surface area contributed by atoms with Crippen LogP contribution in [0.15, 0.2) is 75.9 Å². The first-order valence-electron chi connectivity index (χ1n) is 12.5. The molecule has 200 valence electrons. The highest BCUT2D eigenvalue weighted by Crippen LogP contribution is 2.46. The molecule has 0 saturated heterocycles. The molecule has 8 nitrogen and oxygen atoms in total. The quantitative estimate of drug-likeness (QED) is 0.412. The van der Waals surface area contributed by atoms with Crippen LogP contribution >= 0.6 is 11.8 Å². The zero-order chi connectivity index (χ0) is 27.2. The first-order chi connectivity index (χ1) is 18.4. The van der Waals surface area contributed by atoms with Crippen molar-refractivity contribution in [3.05, 3.63) is 82.0 Å². The third-order valence-electron chi connectivity index (χ3n) is 6.51. The van der Waals surface area contributed by atoms with E-state index in [9.17, 15) is 9.59 Å². The van der Waals surface area contributed by atoms with E-state index in [1.807, 2.05) is 72.7 Å². The fourth-order valence-corrected chi connectivity index (χ4v) is 5.32. The molecule has 1 amide bonds. The molecule has 2 aromatic carbocycles. The van der Waals surface area contributed by atoms with Crippen molar-refractivity contribution in [1.82, 2.24) is 10.2 Å². The lowest BCUT2D eigenvalue weighted by Gasteiger charge is -2.36. The van der Waals surface area contributed by atoms with Gasteiger partial charge < -0.3 is 24.4 Å². The van der Waals surface area contributed by atoms with Gasteiger partial charge in [-0.25, -0.2) is 9.79 Å². The molecule has 0 aromatic heterocycles. The number of hydrogen-bond donors (Lipinski definition) is 1. The number of nitrogens with one attached hydrogen (secondary N) is 1. The molecule has 2 aromatic rings. The molecule has 2 aliphatic heterocycles. The second-order valence-electron chi connectivity index (χ2n) is 9.12. The highest BCUT2D eigenvalue weighted by molar-refractivity contribution is 8.16. The molecule has 0 bridgehead atoms. The molecule has 4 rings (SSSR count). The fraction of sp³-hybridized carbons (Fsp3) is 0.345. The summed E-state index contributed by atoms with van der Waals surface area (Å²) in [5.41, 5.74) is 3.57. The van der Waals surface area contributed by atoms with E-state index in [-0.39, 0.29) is 18.4 Å². The summed E-state index contributed by atoms with van der Waals surface area (Å²) < 4.78 is 16.9. The van der Waals surface area contributed by atoms with Gasteiger partial charge in [0, 0.05) is 11.7 Å². The Bertz CT molecular complexity index is 1290. The molecule has 0 spiro atoms. The van der Waals surface area contributed by atoms with Crippen molar-refractivity contribution in [1.29, 1.82) is 0 Å². The molecule has 0 fully saturated rings. The Morgan fingerprint density at radius 1 is 1.13 bits per heavy atom. The Morgan fingerprint density at radius 3 is 2.58 bits per heavy atom. The van der Waals surface area contributed by atoms with Crippen molar-refractivity contribution < 1.29 is 23.8 Å². The number of fused-ring (bicyclic) bond motifs is 1. The van der Waals surface area contributed by atoms with Gasteiger partial charge in [0.1, 0.15) is 6.61 Å². The number of amides is 1. The Labute approximate surface area is 227 Å². The number of ether oxygens (including phenoxy) is 3. The van der Waals surface area contributed by atoms with Crippen molar-refractivity contribution in [2.45, 2.75) is 52.3 Å². The summed E-state index contributed by atoms with van der Waals surface area (Å²) in [5.74, 6) is 0.569. The maximum Gasteiger partial charge on any atom is 0.338 e. The summed E-state index contributed by atoms with van der Waals surface area (Å²) >= 11 is 1.44. The number of amidine groups is 1. The van der Waals surface area contributed by atoms with E-state index in [4.69, 9.17) is 14.2 Å². The summed E-state index contributed by atoms with van der Waals surface area (Å²) in [4.78, 5) is 32.4. The van der Waals surface area contributed by atoms with Crippen LogP contribution in [0.4, 0.5) is 0 Å². The molecule has 0 aliphatic carbocycles. The number of rotatable bonds is 10. The lowest BCUT2D eigenvalue weighted by molar-refractivity contribution is -0.136.